The number of nitrogens with one attached hydrogen (secondary N) is 2. The average molecular weight is 345 g/mol. The fraction of sp³-hybridized carbons (Fsp3) is 0.0625. The van der Waals surface area contributed by atoms with Gasteiger partial charge in [0.1, 0.15) is 5.75 Å². The largest absolute Gasteiger partial charge is 0.437 e. The number of anilines is 1. The first kappa shape index (κ1) is 16.0. The Balaban J connectivity index is 1.71. The van der Waals surface area contributed by atoms with Crippen molar-refractivity contribution in [1.29, 1.82) is 0 Å². The summed E-state index contributed by atoms with van der Waals surface area (Å²) in [6.07, 6.45) is 1.52. The first-order valence-electron chi connectivity index (χ1n) is 6.94. The molecule has 0 radical (unpaired) electrons. The number of nitrogens with zero attached hydrogens (tertiary/aromatic N) is 2. The van der Waals surface area contributed by atoms with E-state index in [0.717, 1.165) is 0 Å². The summed E-state index contributed by atoms with van der Waals surface area (Å²) >= 11 is 5.92. The van der Waals surface area contributed by atoms with Crippen molar-refractivity contribution in [3.8, 4) is 11.6 Å². The van der Waals surface area contributed by atoms with Gasteiger partial charge in [0, 0.05) is 10.7 Å². The third-order valence-electron chi connectivity index (χ3n) is 3.01. The Morgan fingerprint density at radius 2 is 1.92 bits per heavy atom. The third-order valence-corrected chi connectivity index (χ3v) is 3.25. The molecule has 2 amide bonds. The van der Waals surface area contributed by atoms with Gasteiger partial charge in [-0.25, -0.2) is 20.2 Å². The van der Waals surface area contributed by atoms with Gasteiger partial charge < -0.3 is 10.1 Å². The number of hydrogen-bond acceptors (Lipinski definition) is 5. The maximum Gasteiger partial charge on any atom is 0.343 e. The van der Waals surface area contributed by atoms with Crippen LogP contribution >= 0.6 is 11.6 Å². The van der Waals surface area contributed by atoms with E-state index in [0.29, 0.717) is 33.4 Å². The summed E-state index contributed by atoms with van der Waals surface area (Å²) < 4.78 is 5.66. The number of ether oxygens (including phenoxy) is 1. The van der Waals surface area contributed by atoms with Crippen molar-refractivity contribution in [3.05, 3.63) is 53.7 Å². The molecule has 0 atom stereocenters. The van der Waals surface area contributed by atoms with Gasteiger partial charge in [0.15, 0.2) is 0 Å². The molecule has 7 nitrogen and oxygen atoms in total. The monoisotopic (exact) mass is 344 g/mol. The molecule has 122 valence electrons. The normalized spacial score (nSPS) is 10.4. The zero-order valence-corrected chi connectivity index (χ0v) is 13.4. The van der Waals surface area contributed by atoms with Crippen LogP contribution in [0.1, 0.15) is 0 Å². The van der Waals surface area contributed by atoms with Gasteiger partial charge in [0.2, 0.25) is 5.88 Å². The number of carbonyl (C=O) groups excluding carboxylic acids is 1. The second-order valence-electron chi connectivity index (χ2n) is 4.73. The summed E-state index contributed by atoms with van der Waals surface area (Å²) in [6, 6.07) is 11.6. The predicted molar refractivity (Wildman–Crippen MR) is 90.2 cm³/mol. The molecule has 0 fully saturated rings. The van der Waals surface area contributed by atoms with Gasteiger partial charge in [-0.3, -0.25) is 4.84 Å². The van der Waals surface area contributed by atoms with Gasteiger partial charge in [-0.15, -0.1) is 0 Å². The molecule has 0 spiro atoms. The smallest absolute Gasteiger partial charge is 0.343 e. The van der Waals surface area contributed by atoms with Gasteiger partial charge in [-0.05, 0) is 42.5 Å². The van der Waals surface area contributed by atoms with Crippen LogP contribution in [0.15, 0.2) is 48.7 Å². The molecule has 1 heterocycles. The highest BCUT2D eigenvalue weighted by atomic mass is 35.5. The highest BCUT2D eigenvalue weighted by Gasteiger charge is 2.05. The lowest BCUT2D eigenvalue weighted by molar-refractivity contribution is 0.114. The summed E-state index contributed by atoms with van der Waals surface area (Å²) in [5, 5.41) is 3.20. The number of urea groups is 1. The van der Waals surface area contributed by atoms with Gasteiger partial charge in [0.05, 0.1) is 24.3 Å². The Hall–Kier alpha value is -2.90. The van der Waals surface area contributed by atoms with E-state index in [1.54, 1.807) is 42.5 Å². The zero-order valence-electron chi connectivity index (χ0n) is 12.6. The van der Waals surface area contributed by atoms with Crippen molar-refractivity contribution in [2.24, 2.45) is 0 Å². The number of hydroxylamine groups is 1. The Kier molecular flexibility index (Phi) is 4.74. The zero-order chi connectivity index (χ0) is 16.9. The van der Waals surface area contributed by atoms with Crippen LogP contribution in [-0.2, 0) is 4.84 Å². The molecule has 3 aromatic rings. The van der Waals surface area contributed by atoms with Crippen LogP contribution in [0.4, 0.5) is 10.5 Å². The minimum atomic E-state index is -0.467. The quantitative estimate of drug-likeness (QED) is 0.704. The maximum atomic E-state index is 11.3. The van der Waals surface area contributed by atoms with E-state index in [4.69, 9.17) is 16.3 Å². The minimum Gasteiger partial charge on any atom is -0.437 e. The Morgan fingerprint density at radius 3 is 2.67 bits per heavy atom. The van der Waals surface area contributed by atoms with Crippen LogP contribution in [0.2, 0.25) is 5.02 Å². The molecule has 0 aliphatic heterocycles. The van der Waals surface area contributed by atoms with Gasteiger partial charge >= 0.3 is 6.03 Å². The second-order valence-corrected chi connectivity index (χ2v) is 5.16. The number of halogens is 1. The number of carbonyl (C=O) groups is 1. The lowest BCUT2D eigenvalue weighted by atomic mass is 10.3. The van der Waals surface area contributed by atoms with Gasteiger partial charge in [-0.1, -0.05) is 11.6 Å². The maximum absolute atomic E-state index is 11.3. The Morgan fingerprint density at radius 1 is 1.12 bits per heavy atom. The van der Waals surface area contributed by atoms with E-state index in [1.807, 2.05) is 0 Å². The standard InChI is InChI=1S/C16H13ClN4O3/c1-23-21-16(22)19-11-3-5-12(6-4-11)24-15-9-18-14-8-10(17)2-7-13(14)20-15/h2-9H,1H3,(H2,19,21,22). The van der Waals surface area contributed by atoms with Gasteiger partial charge in [0.25, 0.3) is 0 Å². The number of rotatable bonds is 4. The highest BCUT2D eigenvalue weighted by molar-refractivity contribution is 6.31. The molecule has 0 bridgehead atoms. The predicted octanol–water partition coefficient (Wildman–Crippen LogP) is 3.76. The molecule has 0 saturated heterocycles. The second kappa shape index (κ2) is 7.12. The lowest BCUT2D eigenvalue weighted by Crippen LogP contribution is -2.27. The van der Waals surface area contributed by atoms with Crippen molar-refractivity contribution in [1.82, 2.24) is 15.4 Å². The van der Waals surface area contributed by atoms with E-state index < -0.39 is 6.03 Å². The first-order chi connectivity index (χ1) is 11.6. The highest BCUT2D eigenvalue weighted by Crippen LogP contribution is 2.23. The average Bonchev–Trinajstić information content (AvgIpc) is 2.57. The van der Waals surface area contributed by atoms with Crippen LogP contribution in [0.25, 0.3) is 11.0 Å². The van der Waals surface area contributed by atoms with Crippen LogP contribution in [-0.4, -0.2) is 23.1 Å². The van der Waals surface area contributed by atoms with Crippen molar-refractivity contribution in [2.45, 2.75) is 0 Å². The lowest BCUT2D eigenvalue weighted by Gasteiger charge is -2.08. The van der Waals surface area contributed by atoms with E-state index in [-0.39, 0.29) is 0 Å². The van der Waals surface area contributed by atoms with Crippen molar-refractivity contribution in [2.75, 3.05) is 12.4 Å². The molecule has 0 aliphatic rings. The fourth-order valence-corrected chi connectivity index (χ4v) is 2.16. The number of hydrogen-bond donors (Lipinski definition) is 2. The van der Waals surface area contributed by atoms with E-state index in [1.165, 1.54) is 13.3 Å². The summed E-state index contributed by atoms with van der Waals surface area (Å²) in [5.41, 5.74) is 4.13. The van der Waals surface area contributed by atoms with Crippen LogP contribution in [0.3, 0.4) is 0 Å². The molecule has 0 saturated carbocycles. The molecule has 0 unspecified atom stereocenters. The fourth-order valence-electron chi connectivity index (χ4n) is 1.99. The molecule has 8 heteroatoms. The Labute approximate surface area is 142 Å². The molecule has 1 aromatic heterocycles. The van der Waals surface area contributed by atoms with Gasteiger partial charge in [-0.2, -0.15) is 0 Å². The summed E-state index contributed by atoms with van der Waals surface area (Å²) in [4.78, 5) is 24.5. The SMILES string of the molecule is CONC(=O)Nc1ccc(Oc2cnc3cc(Cl)ccc3n2)cc1. The molecular formula is C16H13ClN4O3. The number of benzene rings is 2. The Bertz CT molecular complexity index is 871. The van der Waals surface area contributed by atoms with Crippen molar-refractivity contribution in [3.63, 3.8) is 0 Å². The number of amides is 2. The van der Waals surface area contributed by atoms with Crippen molar-refractivity contribution >= 4 is 34.4 Å². The molecule has 3 rings (SSSR count). The molecular weight excluding hydrogens is 332 g/mol. The molecule has 24 heavy (non-hydrogen) atoms. The molecule has 0 aliphatic carbocycles. The van der Waals surface area contributed by atoms with Crippen molar-refractivity contribution < 1.29 is 14.4 Å². The van der Waals surface area contributed by atoms with E-state index >= 15 is 0 Å². The minimum absolute atomic E-state index is 0.364. The van der Waals surface area contributed by atoms with Crippen LogP contribution < -0.4 is 15.5 Å². The van der Waals surface area contributed by atoms with E-state index in [2.05, 4.69) is 25.6 Å². The van der Waals surface area contributed by atoms with Crippen LogP contribution in [0, 0.1) is 0 Å². The third kappa shape index (κ3) is 3.89. The molecule has 2 aromatic carbocycles. The number of aromatic nitrogens is 2. The summed E-state index contributed by atoms with van der Waals surface area (Å²) in [7, 11) is 1.36. The van der Waals surface area contributed by atoms with Crippen LogP contribution in [0.5, 0.6) is 11.6 Å². The summed E-state index contributed by atoms with van der Waals surface area (Å²) in [6.45, 7) is 0. The first-order valence-corrected chi connectivity index (χ1v) is 7.32. The summed E-state index contributed by atoms with van der Waals surface area (Å²) in [5.74, 6) is 0.929. The number of fused-ring (bicyclic) bond motifs is 1. The topological polar surface area (TPSA) is 85.4 Å². The molecule has 2 N–H and O–H groups in total. The van der Waals surface area contributed by atoms with E-state index in [9.17, 15) is 4.79 Å².